The summed E-state index contributed by atoms with van der Waals surface area (Å²) in [5.74, 6) is 0. The van der Waals surface area contributed by atoms with Gasteiger partial charge in [0.15, 0.2) is 0 Å². The van der Waals surface area contributed by atoms with Gasteiger partial charge in [-0.15, -0.1) is 0 Å². The molecule has 0 N–H and O–H groups in total. The Hall–Kier alpha value is -0.0400. The fourth-order valence-electron chi connectivity index (χ4n) is 2.93. The van der Waals surface area contributed by atoms with Crippen LogP contribution >= 0.6 is 0 Å². The van der Waals surface area contributed by atoms with Crippen molar-refractivity contribution in [1.82, 2.24) is 0 Å². The van der Waals surface area contributed by atoms with Crippen molar-refractivity contribution in [2.24, 2.45) is 0 Å². The molecule has 0 bridgehead atoms. The topological polar surface area (TPSA) is 0 Å². The highest BCUT2D eigenvalue weighted by atomic mass is 15.3. The Balaban J connectivity index is 2.15. The SMILES string of the molecule is CCCCCCC[N+]1(CC)CCCCC1. The van der Waals surface area contributed by atoms with Crippen LogP contribution in [-0.2, 0) is 0 Å². The Kier molecular flexibility index (Phi) is 6.31. The summed E-state index contributed by atoms with van der Waals surface area (Å²) >= 11 is 0. The van der Waals surface area contributed by atoms with Crippen LogP contribution in [0.3, 0.4) is 0 Å². The zero-order valence-electron chi connectivity index (χ0n) is 10.9. The van der Waals surface area contributed by atoms with Crippen molar-refractivity contribution in [2.75, 3.05) is 26.2 Å². The molecule has 0 aliphatic carbocycles. The van der Waals surface area contributed by atoms with Crippen molar-refractivity contribution in [2.45, 2.75) is 65.2 Å². The molecule has 0 spiro atoms. The van der Waals surface area contributed by atoms with E-state index in [4.69, 9.17) is 0 Å². The first-order chi connectivity index (χ1) is 7.33. The molecular formula is C14H30N+. The summed E-state index contributed by atoms with van der Waals surface area (Å²) in [5.41, 5.74) is 0. The van der Waals surface area contributed by atoms with Crippen molar-refractivity contribution in [1.29, 1.82) is 0 Å². The van der Waals surface area contributed by atoms with Crippen LogP contribution in [0.15, 0.2) is 0 Å². The quantitative estimate of drug-likeness (QED) is 0.442. The smallest absolute Gasteiger partial charge is 0.0786 e. The van der Waals surface area contributed by atoms with Crippen molar-refractivity contribution in [3.8, 4) is 0 Å². The second kappa shape index (κ2) is 7.27. The number of piperidine rings is 1. The van der Waals surface area contributed by atoms with Crippen LogP contribution in [0.4, 0.5) is 0 Å². The zero-order valence-corrected chi connectivity index (χ0v) is 10.9. The monoisotopic (exact) mass is 212 g/mol. The number of nitrogens with zero attached hydrogens (tertiary/aromatic N) is 1. The van der Waals surface area contributed by atoms with E-state index < -0.39 is 0 Å². The largest absolute Gasteiger partial charge is 0.324 e. The summed E-state index contributed by atoms with van der Waals surface area (Å²) in [5, 5.41) is 0. The van der Waals surface area contributed by atoms with Crippen LogP contribution in [0.25, 0.3) is 0 Å². The summed E-state index contributed by atoms with van der Waals surface area (Å²) in [6, 6.07) is 0. The Morgan fingerprint density at radius 1 is 0.800 bits per heavy atom. The first-order valence-corrected chi connectivity index (χ1v) is 7.18. The van der Waals surface area contributed by atoms with E-state index >= 15 is 0 Å². The van der Waals surface area contributed by atoms with Crippen LogP contribution in [0.2, 0.25) is 0 Å². The molecule has 1 heterocycles. The average Bonchev–Trinajstić information content (AvgIpc) is 2.30. The molecule has 0 aromatic carbocycles. The Labute approximate surface area is 96.4 Å². The molecule has 1 rings (SSSR count). The van der Waals surface area contributed by atoms with Gasteiger partial charge in [0.05, 0.1) is 26.2 Å². The van der Waals surface area contributed by atoms with E-state index in [0.29, 0.717) is 0 Å². The third kappa shape index (κ3) is 4.55. The molecule has 1 saturated heterocycles. The first-order valence-electron chi connectivity index (χ1n) is 7.18. The lowest BCUT2D eigenvalue weighted by atomic mass is 10.1. The van der Waals surface area contributed by atoms with E-state index in [9.17, 15) is 0 Å². The van der Waals surface area contributed by atoms with Crippen molar-refractivity contribution >= 4 is 0 Å². The third-order valence-corrected chi connectivity index (χ3v) is 4.17. The maximum absolute atomic E-state index is 2.39. The molecule has 1 fully saturated rings. The van der Waals surface area contributed by atoms with Crippen molar-refractivity contribution < 1.29 is 4.48 Å². The summed E-state index contributed by atoms with van der Waals surface area (Å²) in [6.45, 7) is 10.4. The highest BCUT2D eigenvalue weighted by Gasteiger charge is 2.26. The van der Waals surface area contributed by atoms with Gasteiger partial charge >= 0.3 is 0 Å². The average molecular weight is 212 g/mol. The molecule has 0 amide bonds. The summed E-state index contributed by atoms with van der Waals surface area (Å²) in [7, 11) is 0. The van der Waals surface area contributed by atoms with Crippen LogP contribution in [0.5, 0.6) is 0 Å². The molecule has 0 aromatic rings. The molecule has 0 unspecified atom stereocenters. The van der Waals surface area contributed by atoms with Gasteiger partial charge in [0.1, 0.15) is 0 Å². The summed E-state index contributed by atoms with van der Waals surface area (Å²) < 4.78 is 1.44. The van der Waals surface area contributed by atoms with Gasteiger partial charge in [-0.1, -0.05) is 26.2 Å². The molecule has 1 aliphatic heterocycles. The molecule has 1 nitrogen and oxygen atoms in total. The van der Waals surface area contributed by atoms with E-state index in [1.165, 1.54) is 82.0 Å². The van der Waals surface area contributed by atoms with E-state index in [2.05, 4.69) is 13.8 Å². The minimum atomic E-state index is 1.37. The second-order valence-corrected chi connectivity index (χ2v) is 5.30. The van der Waals surface area contributed by atoms with Crippen LogP contribution in [-0.4, -0.2) is 30.7 Å². The number of likely N-dealkylation sites (tertiary alicyclic amines) is 1. The minimum Gasteiger partial charge on any atom is -0.324 e. The lowest BCUT2D eigenvalue weighted by Crippen LogP contribution is -2.51. The maximum Gasteiger partial charge on any atom is 0.0786 e. The Bertz CT molecular complexity index is 147. The lowest BCUT2D eigenvalue weighted by Gasteiger charge is -2.41. The number of rotatable bonds is 7. The minimum absolute atomic E-state index is 1.37. The number of hydrogen-bond donors (Lipinski definition) is 0. The zero-order chi connectivity index (χ0) is 11.0. The molecule has 1 aliphatic rings. The molecule has 0 saturated carbocycles. The van der Waals surface area contributed by atoms with Gasteiger partial charge in [-0.25, -0.2) is 0 Å². The fourth-order valence-corrected chi connectivity index (χ4v) is 2.93. The van der Waals surface area contributed by atoms with Gasteiger partial charge in [0.25, 0.3) is 0 Å². The normalized spacial score (nSPS) is 20.4. The fraction of sp³-hybridized carbons (Fsp3) is 1.00. The number of hydrogen-bond acceptors (Lipinski definition) is 0. The molecule has 1 heteroatoms. The van der Waals surface area contributed by atoms with Gasteiger partial charge in [-0.05, 0) is 39.0 Å². The third-order valence-electron chi connectivity index (χ3n) is 4.17. The van der Waals surface area contributed by atoms with Gasteiger partial charge < -0.3 is 4.48 Å². The summed E-state index contributed by atoms with van der Waals surface area (Å²) in [4.78, 5) is 0. The van der Waals surface area contributed by atoms with Gasteiger partial charge in [-0.3, -0.25) is 0 Å². The van der Waals surface area contributed by atoms with Crippen LogP contribution in [0.1, 0.15) is 65.2 Å². The molecule has 0 aromatic heterocycles. The van der Waals surface area contributed by atoms with E-state index in [1.807, 2.05) is 0 Å². The van der Waals surface area contributed by atoms with Crippen molar-refractivity contribution in [3.05, 3.63) is 0 Å². The maximum atomic E-state index is 2.39. The van der Waals surface area contributed by atoms with Gasteiger partial charge in [-0.2, -0.15) is 0 Å². The molecule has 15 heavy (non-hydrogen) atoms. The Morgan fingerprint density at radius 3 is 2.07 bits per heavy atom. The standard InChI is InChI=1S/C14H30N/c1-3-5-6-7-9-12-15(4-2)13-10-8-11-14-15/h3-14H2,1-2H3/q+1. The molecule has 90 valence electrons. The van der Waals surface area contributed by atoms with E-state index in [0.717, 1.165) is 0 Å². The highest BCUT2D eigenvalue weighted by Crippen LogP contribution is 2.20. The van der Waals surface area contributed by atoms with E-state index in [-0.39, 0.29) is 0 Å². The lowest BCUT2D eigenvalue weighted by molar-refractivity contribution is -0.931. The van der Waals surface area contributed by atoms with Crippen LogP contribution < -0.4 is 0 Å². The number of unbranched alkanes of at least 4 members (excludes halogenated alkanes) is 4. The van der Waals surface area contributed by atoms with Crippen molar-refractivity contribution in [3.63, 3.8) is 0 Å². The predicted octanol–water partition coefficient (Wildman–Crippen LogP) is 3.98. The molecular weight excluding hydrogens is 182 g/mol. The Morgan fingerprint density at radius 2 is 1.47 bits per heavy atom. The molecule has 0 atom stereocenters. The van der Waals surface area contributed by atoms with E-state index in [1.54, 1.807) is 0 Å². The van der Waals surface area contributed by atoms with Gasteiger partial charge in [0, 0.05) is 0 Å². The van der Waals surface area contributed by atoms with Crippen LogP contribution in [0, 0.1) is 0 Å². The summed E-state index contributed by atoms with van der Waals surface area (Å²) in [6.07, 6.45) is 11.6. The second-order valence-electron chi connectivity index (χ2n) is 5.30. The first kappa shape index (κ1) is 13.0. The number of quaternary nitrogens is 1. The predicted molar refractivity (Wildman–Crippen MR) is 68.0 cm³/mol. The van der Waals surface area contributed by atoms with Gasteiger partial charge in [0.2, 0.25) is 0 Å². The highest BCUT2D eigenvalue weighted by molar-refractivity contribution is 4.54. The molecule has 0 radical (unpaired) electrons.